The fourth-order valence-electron chi connectivity index (χ4n) is 2.20. The van der Waals surface area contributed by atoms with Crippen molar-refractivity contribution in [1.29, 1.82) is 0 Å². The summed E-state index contributed by atoms with van der Waals surface area (Å²) in [6.07, 6.45) is 3.37. The largest absolute Gasteiger partial charge is 0.205 e. The topological polar surface area (TPSA) is 3.01 Å². The van der Waals surface area contributed by atoms with Crippen molar-refractivity contribution in [1.82, 2.24) is 0 Å². The Morgan fingerprint density at radius 3 is 2.53 bits per heavy atom. The van der Waals surface area contributed by atoms with Crippen molar-refractivity contribution in [2.24, 2.45) is 0 Å². The minimum atomic E-state index is 1.07. The molecular formula is C15H13IN+. The van der Waals surface area contributed by atoms with Crippen LogP contribution in [0.15, 0.2) is 48.5 Å². The van der Waals surface area contributed by atoms with E-state index in [1.807, 2.05) is 0 Å². The molecule has 0 spiro atoms. The molecule has 0 fully saturated rings. The van der Waals surface area contributed by atoms with E-state index in [1.54, 1.807) is 0 Å². The summed E-state index contributed by atoms with van der Waals surface area (Å²) in [6, 6.07) is 17.3. The first-order chi connectivity index (χ1) is 8.33. The molecule has 84 valence electrons. The van der Waals surface area contributed by atoms with Gasteiger partial charge in [0.05, 0.1) is 0 Å². The molecule has 2 aromatic rings. The number of hydrogen-bond acceptors (Lipinski definition) is 0. The van der Waals surface area contributed by atoms with Gasteiger partial charge in [0.1, 0.15) is 0 Å². The highest BCUT2D eigenvalue weighted by atomic mass is 127. The maximum absolute atomic E-state index is 2.34. The third-order valence-corrected chi connectivity index (χ3v) is 3.85. The Morgan fingerprint density at radius 2 is 1.71 bits per heavy atom. The van der Waals surface area contributed by atoms with Gasteiger partial charge in [0, 0.05) is 27.7 Å². The van der Waals surface area contributed by atoms with Gasteiger partial charge in [-0.1, -0.05) is 18.2 Å². The molecule has 3 rings (SSSR count). The summed E-state index contributed by atoms with van der Waals surface area (Å²) in [5.41, 5.74) is 4.08. The lowest BCUT2D eigenvalue weighted by Crippen LogP contribution is -2.18. The standard InChI is InChI=1S/C15H13IN/c16-14-5-7-15(8-6-14)17-10-9-12-3-1-2-4-13(12)11-17/h1-8,11H,9-10H2/q+1. The Morgan fingerprint density at radius 1 is 0.941 bits per heavy atom. The smallest absolute Gasteiger partial charge is 0.198 e. The van der Waals surface area contributed by atoms with Gasteiger partial charge >= 0.3 is 0 Å². The zero-order chi connectivity index (χ0) is 11.7. The fraction of sp³-hybridized carbons (Fsp3) is 0.133. The maximum atomic E-state index is 2.34. The van der Waals surface area contributed by atoms with Crippen LogP contribution < -0.4 is 0 Å². The van der Waals surface area contributed by atoms with Gasteiger partial charge in [-0.15, -0.1) is 0 Å². The molecule has 2 aromatic carbocycles. The van der Waals surface area contributed by atoms with Crippen LogP contribution in [0.3, 0.4) is 0 Å². The second-order valence-corrected chi connectivity index (χ2v) is 5.49. The zero-order valence-electron chi connectivity index (χ0n) is 9.44. The van der Waals surface area contributed by atoms with Crippen molar-refractivity contribution < 1.29 is 4.58 Å². The summed E-state index contributed by atoms with van der Waals surface area (Å²) < 4.78 is 3.61. The third kappa shape index (κ3) is 2.27. The summed E-state index contributed by atoms with van der Waals surface area (Å²) in [6.45, 7) is 1.07. The van der Waals surface area contributed by atoms with Crippen molar-refractivity contribution in [2.45, 2.75) is 6.42 Å². The van der Waals surface area contributed by atoms with Crippen LogP contribution in [-0.4, -0.2) is 17.3 Å². The molecule has 0 saturated carbocycles. The first-order valence-corrected chi connectivity index (χ1v) is 6.86. The van der Waals surface area contributed by atoms with Crippen molar-refractivity contribution in [3.05, 3.63) is 63.2 Å². The highest BCUT2D eigenvalue weighted by Crippen LogP contribution is 2.19. The van der Waals surface area contributed by atoms with E-state index in [2.05, 4.69) is 81.9 Å². The molecule has 0 aromatic heterocycles. The molecule has 0 atom stereocenters. The normalized spacial score (nSPS) is 14.1. The van der Waals surface area contributed by atoms with Gasteiger partial charge in [-0.05, 0) is 46.4 Å². The molecule has 17 heavy (non-hydrogen) atoms. The number of fused-ring (bicyclic) bond motifs is 1. The lowest BCUT2D eigenvalue weighted by molar-refractivity contribution is -0.436. The minimum absolute atomic E-state index is 1.07. The van der Waals surface area contributed by atoms with Gasteiger partial charge in [-0.25, -0.2) is 0 Å². The Bertz CT molecular complexity index is 570. The van der Waals surface area contributed by atoms with Gasteiger partial charge in [-0.3, -0.25) is 0 Å². The average molecular weight is 334 g/mol. The first kappa shape index (κ1) is 11.0. The van der Waals surface area contributed by atoms with Crippen LogP contribution in [0.25, 0.3) is 0 Å². The first-order valence-electron chi connectivity index (χ1n) is 5.78. The van der Waals surface area contributed by atoms with E-state index in [0.29, 0.717) is 0 Å². The fourth-order valence-corrected chi connectivity index (χ4v) is 2.56. The van der Waals surface area contributed by atoms with Gasteiger partial charge in [0.15, 0.2) is 12.8 Å². The SMILES string of the molecule is Ic1ccc([N+]2=Cc3ccccc3CC2)cc1. The molecule has 0 saturated heterocycles. The van der Waals surface area contributed by atoms with E-state index in [4.69, 9.17) is 0 Å². The summed E-state index contributed by atoms with van der Waals surface area (Å²) in [5, 5.41) is 0. The van der Waals surface area contributed by atoms with Crippen molar-refractivity contribution in [2.75, 3.05) is 6.54 Å². The Labute approximate surface area is 115 Å². The molecule has 0 unspecified atom stereocenters. The summed E-state index contributed by atoms with van der Waals surface area (Å²) in [7, 11) is 0. The second kappa shape index (κ2) is 4.61. The minimum Gasteiger partial charge on any atom is -0.198 e. The van der Waals surface area contributed by atoms with Crippen molar-refractivity contribution >= 4 is 34.5 Å². The Balaban J connectivity index is 2.01. The second-order valence-electron chi connectivity index (χ2n) is 4.25. The van der Waals surface area contributed by atoms with Crippen LogP contribution in [0.5, 0.6) is 0 Å². The molecule has 1 aliphatic heterocycles. The molecule has 0 amide bonds. The summed E-state index contributed by atoms with van der Waals surface area (Å²) in [5.74, 6) is 0. The van der Waals surface area contributed by atoms with E-state index in [1.165, 1.54) is 20.4 Å². The van der Waals surface area contributed by atoms with Gasteiger partial charge in [0.25, 0.3) is 0 Å². The van der Waals surface area contributed by atoms with Crippen LogP contribution in [0.2, 0.25) is 0 Å². The number of benzene rings is 2. The van der Waals surface area contributed by atoms with Crippen LogP contribution in [0, 0.1) is 3.57 Å². The van der Waals surface area contributed by atoms with E-state index < -0.39 is 0 Å². The van der Waals surface area contributed by atoms with E-state index >= 15 is 0 Å². The molecule has 1 heterocycles. The van der Waals surface area contributed by atoms with Crippen LogP contribution >= 0.6 is 22.6 Å². The monoisotopic (exact) mass is 334 g/mol. The van der Waals surface area contributed by atoms with E-state index in [9.17, 15) is 0 Å². The lowest BCUT2D eigenvalue weighted by Gasteiger charge is -2.11. The quantitative estimate of drug-likeness (QED) is 0.554. The third-order valence-electron chi connectivity index (χ3n) is 3.13. The lowest BCUT2D eigenvalue weighted by atomic mass is 10.0. The van der Waals surface area contributed by atoms with Crippen molar-refractivity contribution in [3.63, 3.8) is 0 Å². The van der Waals surface area contributed by atoms with Crippen LogP contribution in [0.4, 0.5) is 5.69 Å². The van der Waals surface area contributed by atoms with Crippen LogP contribution in [0.1, 0.15) is 11.1 Å². The summed E-state index contributed by atoms with van der Waals surface area (Å²) in [4.78, 5) is 0. The molecule has 1 aliphatic rings. The van der Waals surface area contributed by atoms with E-state index in [0.717, 1.165) is 13.0 Å². The van der Waals surface area contributed by atoms with E-state index in [-0.39, 0.29) is 0 Å². The van der Waals surface area contributed by atoms with Gasteiger partial charge in [-0.2, -0.15) is 4.58 Å². The average Bonchev–Trinajstić information content (AvgIpc) is 2.39. The Kier molecular flexibility index (Phi) is 2.97. The molecule has 1 nitrogen and oxygen atoms in total. The molecule has 0 aliphatic carbocycles. The predicted octanol–water partition coefficient (Wildman–Crippen LogP) is 3.61. The number of rotatable bonds is 1. The van der Waals surface area contributed by atoms with Gasteiger partial charge < -0.3 is 0 Å². The summed E-state index contributed by atoms with van der Waals surface area (Å²) >= 11 is 2.34. The predicted molar refractivity (Wildman–Crippen MR) is 79.3 cm³/mol. The molecule has 2 heteroatoms. The van der Waals surface area contributed by atoms with Crippen LogP contribution in [-0.2, 0) is 6.42 Å². The molecule has 0 radical (unpaired) electrons. The zero-order valence-corrected chi connectivity index (χ0v) is 11.6. The number of halogens is 1. The number of nitrogens with zero attached hydrogens (tertiary/aromatic N) is 1. The van der Waals surface area contributed by atoms with Crippen molar-refractivity contribution in [3.8, 4) is 0 Å². The Hall–Kier alpha value is -1.16. The highest BCUT2D eigenvalue weighted by molar-refractivity contribution is 14.1. The highest BCUT2D eigenvalue weighted by Gasteiger charge is 2.16. The maximum Gasteiger partial charge on any atom is 0.205 e. The number of hydrogen-bond donors (Lipinski definition) is 0. The molecular weight excluding hydrogens is 321 g/mol. The van der Waals surface area contributed by atoms with Gasteiger partial charge in [0.2, 0.25) is 5.69 Å². The molecule has 0 N–H and O–H groups in total. The molecule has 0 bridgehead atoms.